The summed E-state index contributed by atoms with van der Waals surface area (Å²) in [6.07, 6.45) is 2.63. The first kappa shape index (κ1) is 13.9. The Balaban J connectivity index is 1.71. The molecule has 1 saturated heterocycles. The first-order chi connectivity index (χ1) is 8.53. The van der Waals surface area contributed by atoms with Gasteiger partial charge in [-0.1, -0.05) is 0 Å². The second kappa shape index (κ2) is 5.64. The number of hydrogen-bond acceptors (Lipinski definition) is 3. The van der Waals surface area contributed by atoms with Crippen molar-refractivity contribution in [3.8, 4) is 6.07 Å². The molecule has 2 aliphatic rings. The summed E-state index contributed by atoms with van der Waals surface area (Å²) >= 11 is 11.8. The van der Waals surface area contributed by atoms with Crippen LogP contribution in [-0.2, 0) is 9.53 Å². The topological polar surface area (TPSA) is 62.1 Å². The lowest BCUT2D eigenvalue weighted by molar-refractivity contribution is -0.121. The Hall–Kier alpha value is -0.500. The van der Waals surface area contributed by atoms with Crippen LogP contribution in [0, 0.1) is 23.2 Å². The van der Waals surface area contributed by atoms with Crippen LogP contribution in [0.1, 0.15) is 25.7 Å². The summed E-state index contributed by atoms with van der Waals surface area (Å²) in [6, 6.07) is 1.68. The van der Waals surface area contributed by atoms with Gasteiger partial charge in [-0.2, -0.15) is 5.26 Å². The Kier molecular flexibility index (Phi) is 4.37. The number of carbonyl (C=O) groups excluding carboxylic acids is 1. The van der Waals surface area contributed by atoms with Gasteiger partial charge in [0.05, 0.1) is 12.7 Å². The SMILES string of the molecule is N#CC(NC(=O)CCC1CC1(Cl)Cl)C1CCOC1. The van der Waals surface area contributed by atoms with Gasteiger partial charge in [-0.3, -0.25) is 4.79 Å². The third kappa shape index (κ3) is 3.50. The number of hydrogen-bond donors (Lipinski definition) is 1. The number of carbonyl (C=O) groups is 1. The first-order valence-corrected chi connectivity index (χ1v) is 6.93. The van der Waals surface area contributed by atoms with Gasteiger partial charge in [-0.25, -0.2) is 0 Å². The van der Waals surface area contributed by atoms with E-state index in [1.54, 1.807) is 0 Å². The summed E-state index contributed by atoms with van der Waals surface area (Å²) in [5, 5.41) is 11.8. The number of nitrogens with zero attached hydrogens (tertiary/aromatic N) is 1. The molecular formula is C12H16Cl2N2O2. The highest BCUT2D eigenvalue weighted by Crippen LogP contribution is 2.55. The van der Waals surface area contributed by atoms with E-state index in [0.717, 1.165) is 12.8 Å². The summed E-state index contributed by atoms with van der Waals surface area (Å²) in [5.41, 5.74) is 0. The van der Waals surface area contributed by atoms with Gasteiger partial charge >= 0.3 is 0 Å². The van der Waals surface area contributed by atoms with Crippen LogP contribution in [0.4, 0.5) is 0 Å². The number of alkyl halides is 2. The van der Waals surface area contributed by atoms with Gasteiger partial charge in [0.15, 0.2) is 0 Å². The Morgan fingerprint density at radius 3 is 2.83 bits per heavy atom. The van der Waals surface area contributed by atoms with Crippen molar-refractivity contribution in [2.45, 2.75) is 36.1 Å². The highest BCUT2D eigenvalue weighted by atomic mass is 35.5. The van der Waals surface area contributed by atoms with Gasteiger partial charge in [0.1, 0.15) is 10.4 Å². The lowest BCUT2D eigenvalue weighted by atomic mass is 10.00. The molecule has 2 rings (SSSR count). The molecule has 0 radical (unpaired) electrons. The Bertz CT molecular complexity index is 362. The van der Waals surface area contributed by atoms with Crippen LogP contribution in [0.15, 0.2) is 0 Å². The zero-order valence-electron chi connectivity index (χ0n) is 9.99. The van der Waals surface area contributed by atoms with Crippen molar-refractivity contribution in [2.75, 3.05) is 13.2 Å². The molecule has 3 atom stereocenters. The van der Waals surface area contributed by atoms with Crippen molar-refractivity contribution in [2.24, 2.45) is 11.8 Å². The lowest BCUT2D eigenvalue weighted by Crippen LogP contribution is -2.39. The number of halogens is 2. The summed E-state index contributed by atoms with van der Waals surface area (Å²) in [5.74, 6) is 0.214. The van der Waals surface area contributed by atoms with E-state index >= 15 is 0 Å². The maximum absolute atomic E-state index is 11.7. The summed E-state index contributed by atoms with van der Waals surface area (Å²) in [4.78, 5) is 11.7. The van der Waals surface area contributed by atoms with Crippen LogP contribution in [0.2, 0.25) is 0 Å². The van der Waals surface area contributed by atoms with E-state index in [4.69, 9.17) is 33.2 Å². The molecule has 0 aromatic carbocycles. The lowest BCUT2D eigenvalue weighted by Gasteiger charge is -2.16. The van der Waals surface area contributed by atoms with E-state index < -0.39 is 10.4 Å². The predicted octanol–water partition coefficient (Wildman–Crippen LogP) is 2.01. The molecule has 3 unspecified atom stereocenters. The van der Waals surface area contributed by atoms with Gasteiger partial charge in [0.2, 0.25) is 5.91 Å². The van der Waals surface area contributed by atoms with E-state index in [2.05, 4.69) is 11.4 Å². The molecule has 1 aliphatic carbocycles. The maximum atomic E-state index is 11.7. The predicted molar refractivity (Wildman–Crippen MR) is 68.2 cm³/mol. The summed E-state index contributed by atoms with van der Waals surface area (Å²) in [6.45, 7) is 1.22. The van der Waals surface area contributed by atoms with Crippen molar-refractivity contribution in [1.29, 1.82) is 5.26 Å². The number of rotatable bonds is 5. The number of nitriles is 1. The zero-order valence-corrected chi connectivity index (χ0v) is 11.5. The number of amides is 1. The Labute approximate surface area is 117 Å². The van der Waals surface area contributed by atoms with Gasteiger partial charge in [0, 0.05) is 18.9 Å². The fraction of sp³-hybridized carbons (Fsp3) is 0.833. The standard InChI is InChI=1S/C12H16Cl2N2O2/c13-12(14)5-9(12)1-2-11(17)16-10(6-15)8-3-4-18-7-8/h8-10H,1-5,7H2,(H,16,17). The molecular weight excluding hydrogens is 275 g/mol. The molecule has 0 aromatic heterocycles. The van der Waals surface area contributed by atoms with E-state index in [0.29, 0.717) is 26.1 Å². The average Bonchev–Trinajstić information content (AvgIpc) is 2.77. The molecule has 4 nitrogen and oxygen atoms in total. The van der Waals surface area contributed by atoms with Gasteiger partial charge in [0.25, 0.3) is 0 Å². The molecule has 6 heteroatoms. The fourth-order valence-corrected chi connectivity index (χ4v) is 2.80. The van der Waals surface area contributed by atoms with E-state index in [-0.39, 0.29) is 17.7 Å². The second-order valence-corrected chi connectivity index (χ2v) is 6.54. The quantitative estimate of drug-likeness (QED) is 0.788. The van der Waals surface area contributed by atoms with Crippen LogP contribution < -0.4 is 5.32 Å². The molecule has 100 valence electrons. The summed E-state index contributed by atoms with van der Waals surface area (Å²) in [7, 11) is 0. The molecule has 2 fully saturated rings. The first-order valence-electron chi connectivity index (χ1n) is 6.17. The van der Waals surface area contributed by atoms with Gasteiger partial charge in [-0.05, 0) is 25.2 Å². The molecule has 1 saturated carbocycles. The van der Waals surface area contributed by atoms with E-state index in [1.807, 2.05) is 0 Å². The van der Waals surface area contributed by atoms with Crippen molar-refractivity contribution >= 4 is 29.1 Å². The average molecular weight is 291 g/mol. The summed E-state index contributed by atoms with van der Waals surface area (Å²) < 4.78 is 4.59. The molecule has 1 N–H and O–H groups in total. The van der Waals surface area contributed by atoms with Gasteiger partial charge in [-0.15, -0.1) is 23.2 Å². The smallest absolute Gasteiger partial charge is 0.221 e. The van der Waals surface area contributed by atoms with Crippen molar-refractivity contribution < 1.29 is 9.53 Å². The molecule has 1 aliphatic heterocycles. The molecule has 0 aromatic rings. The second-order valence-electron chi connectivity index (χ2n) is 5.00. The van der Waals surface area contributed by atoms with Crippen LogP contribution in [0.3, 0.4) is 0 Å². The van der Waals surface area contributed by atoms with Crippen LogP contribution in [-0.4, -0.2) is 29.5 Å². The molecule has 1 amide bonds. The van der Waals surface area contributed by atoms with Crippen molar-refractivity contribution in [3.05, 3.63) is 0 Å². The number of ether oxygens (including phenoxy) is 1. The van der Waals surface area contributed by atoms with Gasteiger partial charge < -0.3 is 10.1 Å². The highest BCUT2D eigenvalue weighted by Gasteiger charge is 2.51. The van der Waals surface area contributed by atoms with Crippen molar-refractivity contribution in [3.63, 3.8) is 0 Å². The van der Waals surface area contributed by atoms with E-state index in [9.17, 15) is 4.79 Å². The minimum Gasteiger partial charge on any atom is -0.381 e. The Morgan fingerprint density at radius 1 is 1.61 bits per heavy atom. The minimum atomic E-state index is -0.631. The largest absolute Gasteiger partial charge is 0.381 e. The molecule has 0 spiro atoms. The van der Waals surface area contributed by atoms with Crippen LogP contribution >= 0.6 is 23.2 Å². The molecule has 0 bridgehead atoms. The maximum Gasteiger partial charge on any atom is 0.221 e. The minimum absolute atomic E-state index is 0.107. The number of nitrogens with one attached hydrogen (secondary N) is 1. The van der Waals surface area contributed by atoms with Crippen LogP contribution in [0.25, 0.3) is 0 Å². The Morgan fingerprint density at radius 2 is 2.33 bits per heavy atom. The van der Waals surface area contributed by atoms with Crippen molar-refractivity contribution in [1.82, 2.24) is 5.32 Å². The molecule has 1 heterocycles. The third-order valence-electron chi connectivity index (χ3n) is 3.57. The highest BCUT2D eigenvalue weighted by molar-refractivity contribution is 6.50. The normalized spacial score (nSPS) is 30.5. The van der Waals surface area contributed by atoms with E-state index in [1.165, 1.54) is 0 Å². The monoisotopic (exact) mass is 290 g/mol. The fourth-order valence-electron chi connectivity index (χ4n) is 2.20. The molecule has 18 heavy (non-hydrogen) atoms. The zero-order chi connectivity index (χ0) is 13.2. The third-order valence-corrected chi connectivity index (χ3v) is 4.49. The van der Waals surface area contributed by atoms with Crippen LogP contribution in [0.5, 0.6) is 0 Å².